The first kappa shape index (κ1) is 59.4. The molecule has 4 nitrogen and oxygen atoms in total. The first-order chi connectivity index (χ1) is 37.0. The molecule has 0 atom stereocenters. The molecule has 1 aliphatic rings. The number of benzene rings is 3. The maximum absolute atomic E-state index is 11.0. The van der Waals surface area contributed by atoms with Gasteiger partial charge in [0.05, 0.1) is 24.4 Å². The minimum Gasteiger partial charge on any atom is -0.493 e. The summed E-state index contributed by atoms with van der Waals surface area (Å²) in [6.07, 6.45) is 41.4. The van der Waals surface area contributed by atoms with E-state index in [0.29, 0.717) is 35.9 Å². The van der Waals surface area contributed by atoms with Crippen molar-refractivity contribution in [1.29, 1.82) is 10.5 Å². The van der Waals surface area contributed by atoms with Crippen LogP contribution in [0.3, 0.4) is 0 Å². The Morgan fingerprint density at radius 3 is 1.43 bits per heavy atom. The third-order valence-corrected chi connectivity index (χ3v) is 17.7. The standard InChI is InChI=1S/C69H92N2O2S2/c1-5-9-13-17-21-23-27-33-45-72-64-52-57(65(73-46-34-28-24-22-18-14-10-6-2)51-56(64)48-58(53-70)66-38-35-47-74-66)49-59(54-71)68-42-41-67(75-68)55-39-40-61-60-36-29-30-37-62(60)69(63(61)50-55,43-31-25-19-15-11-7-3)44-32-26-20-16-12-8-4/h29-30,35-42,47-52H,5-28,31-34,43-46H2,1-4H3/b58-48+,59-49+. The number of hydrogen-bond donors (Lipinski definition) is 0. The summed E-state index contributed by atoms with van der Waals surface area (Å²) in [4.78, 5) is 3.04. The van der Waals surface area contributed by atoms with Gasteiger partial charge in [0.1, 0.15) is 23.6 Å². The summed E-state index contributed by atoms with van der Waals surface area (Å²) in [6.45, 7) is 10.3. The van der Waals surface area contributed by atoms with Gasteiger partial charge in [-0.1, -0.05) is 237 Å². The van der Waals surface area contributed by atoms with Crippen LogP contribution < -0.4 is 9.47 Å². The van der Waals surface area contributed by atoms with Crippen molar-refractivity contribution in [3.05, 3.63) is 116 Å². The molecular formula is C69H92N2O2S2. The van der Waals surface area contributed by atoms with Crippen LogP contribution in [0.1, 0.15) is 252 Å². The van der Waals surface area contributed by atoms with Crippen molar-refractivity contribution < 1.29 is 9.47 Å². The van der Waals surface area contributed by atoms with E-state index in [4.69, 9.17) is 9.47 Å². The number of nitriles is 2. The number of thiophene rings is 2. The minimum atomic E-state index is 0.00738. The van der Waals surface area contributed by atoms with Gasteiger partial charge in [-0.05, 0) is 107 Å². The molecule has 0 amide bonds. The predicted octanol–water partition coefficient (Wildman–Crippen LogP) is 22.4. The van der Waals surface area contributed by atoms with Crippen LogP contribution in [0, 0.1) is 22.7 Å². The van der Waals surface area contributed by atoms with Crippen molar-refractivity contribution in [2.75, 3.05) is 13.2 Å². The Morgan fingerprint density at radius 1 is 0.467 bits per heavy atom. The van der Waals surface area contributed by atoms with Crippen LogP contribution >= 0.6 is 22.7 Å². The zero-order valence-corrected chi connectivity index (χ0v) is 48.5. The molecule has 6 heteroatoms. The van der Waals surface area contributed by atoms with Gasteiger partial charge in [-0.25, -0.2) is 0 Å². The fraction of sp³-hybridized carbons (Fsp3) is 0.536. The molecule has 0 N–H and O–H groups in total. The molecular weight excluding hydrogens is 953 g/mol. The van der Waals surface area contributed by atoms with Gasteiger partial charge in [0.15, 0.2) is 0 Å². The van der Waals surface area contributed by atoms with Gasteiger partial charge >= 0.3 is 0 Å². The quantitative estimate of drug-likeness (QED) is 0.0291. The van der Waals surface area contributed by atoms with Crippen molar-refractivity contribution in [1.82, 2.24) is 0 Å². The number of ether oxygens (including phenoxy) is 2. The second-order valence-electron chi connectivity index (χ2n) is 21.5. The van der Waals surface area contributed by atoms with Crippen molar-refractivity contribution >= 4 is 46.0 Å². The number of unbranched alkanes of at least 4 members (excludes halogenated alkanes) is 24. The molecule has 0 bridgehead atoms. The second kappa shape index (κ2) is 34.0. The highest BCUT2D eigenvalue weighted by molar-refractivity contribution is 7.16. The highest BCUT2D eigenvalue weighted by Gasteiger charge is 2.42. The summed E-state index contributed by atoms with van der Waals surface area (Å²) in [5.41, 5.74) is 9.92. The molecule has 0 saturated carbocycles. The van der Waals surface area contributed by atoms with Crippen LogP contribution in [0.15, 0.2) is 84.2 Å². The van der Waals surface area contributed by atoms with Crippen LogP contribution in [0.4, 0.5) is 0 Å². The van der Waals surface area contributed by atoms with Crippen LogP contribution in [-0.4, -0.2) is 13.2 Å². The van der Waals surface area contributed by atoms with E-state index >= 15 is 0 Å². The van der Waals surface area contributed by atoms with Crippen molar-refractivity contribution in [2.24, 2.45) is 0 Å². The van der Waals surface area contributed by atoms with Gasteiger partial charge in [0, 0.05) is 31.2 Å². The molecule has 402 valence electrons. The van der Waals surface area contributed by atoms with Crippen molar-refractivity contribution in [2.45, 2.75) is 226 Å². The molecule has 2 heterocycles. The van der Waals surface area contributed by atoms with Crippen molar-refractivity contribution in [3.8, 4) is 45.2 Å². The topological polar surface area (TPSA) is 66.0 Å². The van der Waals surface area contributed by atoms with Gasteiger partial charge < -0.3 is 9.47 Å². The van der Waals surface area contributed by atoms with Gasteiger partial charge in [-0.15, -0.1) is 22.7 Å². The third kappa shape index (κ3) is 18.1. The molecule has 5 aromatic rings. The monoisotopic (exact) mass is 1040 g/mol. The average molecular weight is 1050 g/mol. The molecule has 0 radical (unpaired) electrons. The van der Waals surface area contributed by atoms with Gasteiger partial charge in [0.25, 0.3) is 0 Å². The lowest BCUT2D eigenvalue weighted by molar-refractivity contribution is 0.295. The number of hydrogen-bond acceptors (Lipinski definition) is 6. The molecule has 0 unspecified atom stereocenters. The summed E-state index contributed by atoms with van der Waals surface area (Å²) in [7, 11) is 0. The lowest BCUT2D eigenvalue weighted by Gasteiger charge is -2.33. The second-order valence-corrected chi connectivity index (χ2v) is 23.5. The zero-order valence-electron chi connectivity index (χ0n) is 46.9. The maximum Gasteiger partial charge on any atom is 0.127 e. The summed E-state index contributed by atoms with van der Waals surface area (Å²) < 4.78 is 13.4. The van der Waals surface area contributed by atoms with E-state index in [1.165, 1.54) is 200 Å². The molecule has 0 aliphatic heterocycles. The van der Waals surface area contributed by atoms with Gasteiger partial charge in [-0.3, -0.25) is 0 Å². The molecule has 1 aliphatic carbocycles. The molecule has 2 aromatic heterocycles. The smallest absolute Gasteiger partial charge is 0.127 e. The summed E-state index contributed by atoms with van der Waals surface area (Å²) >= 11 is 3.27. The maximum atomic E-state index is 11.0. The predicted molar refractivity (Wildman–Crippen MR) is 326 cm³/mol. The molecule has 3 aromatic carbocycles. The van der Waals surface area contributed by atoms with E-state index in [-0.39, 0.29) is 5.41 Å². The fourth-order valence-electron chi connectivity index (χ4n) is 11.3. The van der Waals surface area contributed by atoms with E-state index in [0.717, 1.165) is 46.6 Å². The summed E-state index contributed by atoms with van der Waals surface area (Å²) in [6, 6.07) is 34.0. The highest BCUT2D eigenvalue weighted by Crippen LogP contribution is 2.55. The van der Waals surface area contributed by atoms with Crippen LogP contribution in [0.2, 0.25) is 0 Å². The van der Waals surface area contributed by atoms with E-state index in [1.807, 2.05) is 35.7 Å². The van der Waals surface area contributed by atoms with E-state index in [9.17, 15) is 10.5 Å². The van der Waals surface area contributed by atoms with Gasteiger partial charge in [0.2, 0.25) is 0 Å². The zero-order chi connectivity index (χ0) is 52.8. The molecule has 6 rings (SSSR count). The van der Waals surface area contributed by atoms with Gasteiger partial charge in [-0.2, -0.15) is 10.5 Å². The van der Waals surface area contributed by atoms with Crippen LogP contribution in [0.25, 0.3) is 44.9 Å². The highest BCUT2D eigenvalue weighted by atomic mass is 32.1. The lowest BCUT2D eigenvalue weighted by Crippen LogP contribution is -2.25. The van der Waals surface area contributed by atoms with E-state index < -0.39 is 0 Å². The summed E-state index contributed by atoms with van der Waals surface area (Å²) in [5.74, 6) is 1.42. The van der Waals surface area contributed by atoms with Crippen molar-refractivity contribution in [3.63, 3.8) is 0 Å². The first-order valence-electron chi connectivity index (χ1n) is 30.1. The Kier molecular flexibility index (Phi) is 26.9. The Morgan fingerprint density at radius 2 is 0.933 bits per heavy atom. The number of nitrogens with zero attached hydrogens (tertiary/aromatic N) is 2. The normalized spacial score (nSPS) is 12.9. The lowest BCUT2D eigenvalue weighted by atomic mass is 9.70. The molecule has 0 saturated heterocycles. The number of rotatable bonds is 39. The minimum absolute atomic E-state index is 0.00738. The Bertz CT molecular complexity index is 2550. The SMILES string of the molecule is CCCCCCCCCCOc1cc(/C=C(\C#N)c2ccc(-c3ccc4c(c3)C(CCCCCCCC)(CCCCCCCC)c3ccccc3-4)s2)c(OCCCCCCCCCC)cc1/C=C(\C#N)c1cccs1. The van der Waals surface area contributed by atoms with E-state index in [1.54, 1.807) is 22.7 Å². The number of fused-ring (bicyclic) bond motifs is 3. The van der Waals surface area contributed by atoms with Crippen LogP contribution in [-0.2, 0) is 5.41 Å². The Balaban J connectivity index is 1.32. The first-order valence-corrected chi connectivity index (χ1v) is 31.8. The molecule has 0 fully saturated rings. The van der Waals surface area contributed by atoms with Crippen LogP contribution in [0.5, 0.6) is 11.5 Å². The number of allylic oxidation sites excluding steroid dienone is 2. The summed E-state index contributed by atoms with van der Waals surface area (Å²) in [5, 5.41) is 23.4. The largest absolute Gasteiger partial charge is 0.493 e. The third-order valence-electron chi connectivity index (χ3n) is 15.6. The average Bonchev–Trinajstić information content (AvgIpc) is 4.24. The fourth-order valence-corrected chi connectivity index (χ4v) is 12.9. The van der Waals surface area contributed by atoms with E-state index in [2.05, 4.69) is 100 Å². The Labute approximate surface area is 463 Å². The Hall–Kier alpha value is -4.88. The molecule has 0 spiro atoms. The molecule has 75 heavy (non-hydrogen) atoms.